The molecule has 104 valence electrons. The van der Waals surface area contributed by atoms with Gasteiger partial charge in [-0.3, -0.25) is 9.78 Å². The smallest absolute Gasteiger partial charge is 0.275 e. The summed E-state index contributed by atoms with van der Waals surface area (Å²) < 4.78 is 0. The molecule has 20 heavy (non-hydrogen) atoms. The van der Waals surface area contributed by atoms with Crippen LogP contribution in [-0.4, -0.2) is 22.9 Å². The third-order valence-corrected chi connectivity index (χ3v) is 3.10. The molecule has 0 aliphatic heterocycles. The van der Waals surface area contributed by atoms with E-state index in [1.54, 1.807) is 19.2 Å². The van der Waals surface area contributed by atoms with Crippen LogP contribution in [0, 0.1) is 13.8 Å². The molecule has 0 atom stereocenters. The molecule has 0 saturated heterocycles. The maximum atomic E-state index is 12.2. The number of carbonyl (C=O) groups is 1. The van der Waals surface area contributed by atoms with Crippen molar-refractivity contribution in [3.05, 3.63) is 46.4 Å². The van der Waals surface area contributed by atoms with Gasteiger partial charge in [0.05, 0.1) is 16.4 Å². The molecule has 2 aromatic heterocycles. The minimum atomic E-state index is -0.360. The normalized spacial score (nSPS) is 10.2. The lowest BCUT2D eigenvalue weighted by molar-refractivity contribution is 0.102. The second-order valence-electron chi connectivity index (χ2n) is 4.32. The van der Waals surface area contributed by atoms with E-state index in [0.717, 1.165) is 11.4 Å². The second-order valence-corrected chi connectivity index (χ2v) is 4.72. The summed E-state index contributed by atoms with van der Waals surface area (Å²) in [6.45, 7) is 3.73. The zero-order valence-electron chi connectivity index (χ0n) is 11.5. The largest absolute Gasteiger partial charge is 0.373 e. The maximum absolute atomic E-state index is 12.2. The number of nitrogens with one attached hydrogen (secondary N) is 2. The van der Waals surface area contributed by atoms with E-state index in [-0.39, 0.29) is 11.6 Å². The van der Waals surface area contributed by atoms with Gasteiger partial charge in [-0.25, -0.2) is 4.98 Å². The Morgan fingerprint density at radius 3 is 2.55 bits per heavy atom. The summed E-state index contributed by atoms with van der Waals surface area (Å²) >= 11 is 6.01. The van der Waals surface area contributed by atoms with Crippen molar-refractivity contribution in [1.29, 1.82) is 0 Å². The van der Waals surface area contributed by atoms with Crippen molar-refractivity contribution < 1.29 is 4.79 Å². The molecule has 0 bridgehead atoms. The van der Waals surface area contributed by atoms with Crippen molar-refractivity contribution in [1.82, 2.24) is 9.97 Å². The van der Waals surface area contributed by atoms with E-state index < -0.39 is 0 Å². The molecule has 0 aromatic carbocycles. The number of amides is 1. The van der Waals surface area contributed by atoms with Gasteiger partial charge in [-0.1, -0.05) is 11.6 Å². The molecule has 0 radical (unpaired) electrons. The second kappa shape index (κ2) is 5.88. The number of hydrogen-bond acceptors (Lipinski definition) is 4. The van der Waals surface area contributed by atoms with Crippen molar-refractivity contribution >= 4 is 29.0 Å². The van der Waals surface area contributed by atoms with E-state index in [0.29, 0.717) is 16.5 Å². The first-order valence-corrected chi connectivity index (χ1v) is 6.49. The summed E-state index contributed by atoms with van der Waals surface area (Å²) in [5.41, 5.74) is 2.47. The van der Waals surface area contributed by atoms with E-state index in [1.807, 2.05) is 26.0 Å². The highest BCUT2D eigenvalue weighted by Crippen LogP contribution is 2.19. The average Bonchev–Trinajstić information content (AvgIpc) is 2.42. The van der Waals surface area contributed by atoms with Crippen LogP contribution in [-0.2, 0) is 0 Å². The molecule has 0 saturated carbocycles. The number of nitrogens with zero attached hydrogens (tertiary/aromatic N) is 2. The van der Waals surface area contributed by atoms with Gasteiger partial charge in [-0.2, -0.15) is 0 Å². The molecule has 2 aromatic rings. The van der Waals surface area contributed by atoms with Crippen LogP contribution in [0.15, 0.2) is 24.3 Å². The van der Waals surface area contributed by atoms with Crippen molar-refractivity contribution in [3.63, 3.8) is 0 Å². The fourth-order valence-corrected chi connectivity index (χ4v) is 1.93. The van der Waals surface area contributed by atoms with E-state index in [4.69, 9.17) is 11.6 Å². The van der Waals surface area contributed by atoms with Gasteiger partial charge in [0.25, 0.3) is 5.91 Å². The quantitative estimate of drug-likeness (QED) is 0.912. The first-order valence-electron chi connectivity index (χ1n) is 6.11. The molecule has 5 nitrogen and oxygen atoms in total. The summed E-state index contributed by atoms with van der Waals surface area (Å²) in [5, 5.41) is 5.94. The molecule has 0 aliphatic carbocycles. The van der Waals surface area contributed by atoms with Crippen molar-refractivity contribution in [2.45, 2.75) is 13.8 Å². The minimum Gasteiger partial charge on any atom is -0.373 e. The highest BCUT2D eigenvalue weighted by Gasteiger charge is 2.14. The van der Waals surface area contributed by atoms with Gasteiger partial charge >= 0.3 is 0 Å². The number of aromatic nitrogens is 2. The van der Waals surface area contributed by atoms with Gasteiger partial charge in [0.1, 0.15) is 11.5 Å². The third-order valence-electron chi connectivity index (χ3n) is 2.79. The highest BCUT2D eigenvalue weighted by molar-refractivity contribution is 6.34. The lowest BCUT2D eigenvalue weighted by Crippen LogP contribution is -2.16. The summed E-state index contributed by atoms with van der Waals surface area (Å²) in [6, 6.07) is 6.99. The number of anilines is 2. The molecular formula is C14H15ClN4O. The summed E-state index contributed by atoms with van der Waals surface area (Å²) in [5.74, 6) is 0.221. The molecule has 0 unspecified atom stereocenters. The predicted octanol–water partition coefficient (Wildman–Crippen LogP) is 3.04. The van der Waals surface area contributed by atoms with Crippen LogP contribution in [0.2, 0.25) is 5.02 Å². The van der Waals surface area contributed by atoms with Crippen LogP contribution in [0.4, 0.5) is 11.5 Å². The topological polar surface area (TPSA) is 66.9 Å². The molecule has 0 fully saturated rings. The lowest BCUT2D eigenvalue weighted by Gasteiger charge is -2.10. The number of rotatable bonds is 3. The molecule has 2 rings (SSSR count). The van der Waals surface area contributed by atoms with Gasteiger partial charge < -0.3 is 10.6 Å². The molecule has 2 heterocycles. The molecular weight excluding hydrogens is 276 g/mol. The van der Waals surface area contributed by atoms with Crippen LogP contribution in [0.3, 0.4) is 0 Å². The number of pyridine rings is 2. The third kappa shape index (κ3) is 3.05. The van der Waals surface area contributed by atoms with Gasteiger partial charge in [0.15, 0.2) is 0 Å². The fourth-order valence-electron chi connectivity index (χ4n) is 1.74. The van der Waals surface area contributed by atoms with Crippen LogP contribution in [0.5, 0.6) is 0 Å². The first kappa shape index (κ1) is 14.3. The first-order chi connectivity index (χ1) is 9.51. The predicted molar refractivity (Wildman–Crippen MR) is 80.5 cm³/mol. The Morgan fingerprint density at radius 1 is 1.15 bits per heavy atom. The molecule has 2 N–H and O–H groups in total. The Balaban J connectivity index is 2.28. The fraction of sp³-hybridized carbons (Fsp3) is 0.214. The molecule has 0 spiro atoms. The van der Waals surface area contributed by atoms with Gasteiger partial charge in [-0.05, 0) is 38.1 Å². The van der Waals surface area contributed by atoms with Crippen LogP contribution in [0.1, 0.15) is 21.9 Å². The number of carbonyl (C=O) groups excluding carboxylic acids is 1. The Kier molecular flexibility index (Phi) is 4.20. The summed E-state index contributed by atoms with van der Waals surface area (Å²) in [6.07, 6.45) is 0. The Bertz CT molecular complexity index is 658. The van der Waals surface area contributed by atoms with Crippen molar-refractivity contribution in [2.24, 2.45) is 0 Å². The van der Waals surface area contributed by atoms with Gasteiger partial charge in [-0.15, -0.1) is 0 Å². The minimum absolute atomic E-state index is 0.179. The van der Waals surface area contributed by atoms with Gasteiger partial charge in [0.2, 0.25) is 0 Å². The lowest BCUT2D eigenvalue weighted by atomic mass is 10.2. The van der Waals surface area contributed by atoms with Crippen molar-refractivity contribution in [2.75, 3.05) is 17.7 Å². The molecule has 6 heteroatoms. The van der Waals surface area contributed by atoms with Gasteiger partial charge in [0, 0.05) is 12.7 Å². The van der Waals surface area contributed by atoms with E-state index >= 15 is 0 Å². The monoisotopic (exact) mass is 290 g/mol. The molecule has 0 aliphatic rings. The Morgan fingerprint density at radius 2 is 1.90 bits per heavy atom. The van der Waals surface area contributed by atoms with E-state index in [2.05, 4.69) is 20.6 Å². The Labute approximate surface area is 122 Å². The Hall–Kier alpha value is -2.14. The SMILES string of the molecule is CNc1ccc(Cl)c(C(=O)Nc2ccc(C)nc2C)n1. The van der Waals surface area contributed by atoms with E-state index in [9.17, 15) is 4.79 Å². The van der Waals surface area contributed by atoms with E-state index in [1.165, 1.54) is 0 Å². The maximum Gasteiger partial charge on any atom is 0.275 e. The van der Waals surface area contributed by atoms with Crippen LogP contribution in [0.25, 0.3) is 0 Å². The molecule has 1 amide bonds. The summed E-state index contributed by atoms with van der Waals surface area (Å²) in [7, 11) is 1.73. The zero-order chi connectivity index (χ0) is 14.7. The standard InChI is InChI=1S/C14H15ClN4O/c1-8-4-6-11(9(2)17-8)18-14(20)13-10(15)5-7-12(16-3)19-13/h4-7H,1-3H3,(H,16,19)(H,18,20). The number of hydrogen-bond donors (Lipinski definition) is 2. The highest BCUT2D eigenvalue weighted by atomic mass is 35.5. The number of aryl methyl sites for hydroxylation is 2. The van der Waals surface area contributed by atoms with Crippen molar-refractivity contribution in [3.8, 4) is 0 Å². The number of halogens is 1. The summed E-state index contributed by atoms with van der Waals surface area (Å²) in [4.78, 5) is 20.7. The average molecular weight is 291 g/mol. The van der Waals surface area contributed by atoms with Crippen LogP contribution < -0.4 is 10.6 Å². The van der Waals surface area contributed by atoms with Crippen LogP contribution >= 0.6 is 11.6 Å². The zero-order valence-corrected chi connectivity index (χ0v) is 12.2.